The first-order valence-corrected chi connectivity index (χ1v) is 10.2. The number of nitriles is 1. The molecular weight excluding hydrogens is 368 g/mol. The van der Waals surface area contributed by atoms with Crippen molar-refractivity contribution in [1.29, 1.82) is 5.26 Å². The zero-order chi connectivity index (χ0) is 20.6. The Morgan fingerprint density at radius 2 is 2.03 bits per heavy atom. The molecule has 2 saturated carbocycles. The summed E-state index contributed by atoms with van der Waals surface area (Å²) in [6.07, 6.45) is 5.11. The average molecular weight is 394 g/mol. The van der Waals surface area contributed by atoms with Crippen molar-refractivity contribution in [1.82, 2.24) is 15.2 Å². The van der Waals surface area contributed by atoms with Crippen LogP contribution in [0.5, 0.6) is 5.75 Å². The van der Waals surface area contributed by atoms with Crippen LogP contribution in [0.25, 0.3) is 10.9 Å². The van der Waals surface area contributed by atoms with Crippen molar-refractivity contribution in [3.8, 4) is 11.8 Å². The number of phenolic OH excluding ortho intramolecular Hbond substituents is 1. The highest BCUT2D eigenvalue weighted by Crippen LogP contribution is 2.44. The fraction of sp³-hybridized carbons (Fsp3) is 0.500. The van der Waals surface area contributed by atoms with E-state index in [1.807, 2.05) is 0 Å². The van der Waals surface area contributed by atoms with Crippen LogP contribution in [0, 0.1) is 22.7 Å². The van der Waals surface area contributed by atoms with Gasteiger partial charge in [0.2, 0.25) is 5.91 Å². The Hall–Kier alpha value is -3.01. The van der Waals surface area contributed by atoms with Crippen LogP contribution in [0.2, 0.25) is 0 Å². The molecule has 2 aliphatic rings. The molecule has 0 radical (unpaired) electrons. The number of aromatic hydroxyl groups is 1. The second kappa shape index (κ2) is 7.43. The Labute approximate surface area is 169 Å². The van der Waals surface area contributed by atoms with E-state index in [9.17, 15) is 20.0 Å². The molecule has 2 aliphatic carbocycles. The first kappa shape index (κ1) is 19.3. The van der Waals surface area contributed by atoms with Crippen LogP contribution >= 0.6 is 0 Å². The number of hydrogen-bond donors (Lipinski definition) is 3. The number of fused-ring (bicyclic) bond motifs is 1. The topological polar surface area (TPSA) is 107 Å². The summed E-state index contributed by atoms with van der Waals surface area (Å²) in [6, 6.07) is 8.88. The second-order valence-corrected chi connectivity index (χ2v) is 8.41. The molecule has 0 aliphatic heterocycles. The van der Waals surface area contributed by atoms with Gasteiger partial charge in [-0.15, -0.1) is 0 Å². The average Bonchev–Trinajstić information content (AvgIpc) is 3.44. The number of benzene rings is 1. The molecule has 0 saturated heterocycles. The van der Waals surface area contributed by atoms with Crippen molar-refractivity contribution in [2.75, 3.05) is 6.54 Å². The van der Waals surface area contributed by atoms with Crippen molar-refractivity contribution in [2.24, 2.45) is 18.4 Å². The maximum Gasteiger partial charge on any atom is 0.268 e. The summed E-state index contributed by atoms with van der Waals surface area (Å²) in [7, 11) is 1.79. The Balaban J connectivity index is 1.46. The fourth-order valence-electron chi connectivity index (χ4n) is 4.26. The second-order valence-electron chi connectivity index (χ2n) is 8.41. The van der Waals surface area contributed by atoms with Gasteiger partial charge < -0.3 is 20.3 Å². The van der Waals surface area contributed by atoms with E-state index in [0.717, 1.165) is 49.4 Å². The lowest BCUT2D eigenvalue weighted by Crippen LogP contribution is -2.49. The molecule has 2 fully saturated rings. The minimum absolute atomic E-state index is 0.0708. The molecule has 1 aromatic heterocycles. The predicted molar refractivity (Wildman–Crippen MR) is 108 cm³/mol. The molecule has 2 atom stereocenters. The summed E-state index contributed by atoms with van der Waals surface area (Å²) in [4.78, 5) is 25.7. The van der Waals surface area contributed by atoms with Gasteiger partial charge in [0, 0.05) is 31.1 Å². The number of amides is 2. The minimum atomic E-state index is -0.377. The van der Waals surface area contributed by atoms with Crippen LogP contribution in [0.1, 0.15) is 49.0 Å². The molecule has 0 unspecified atom stereocenters. The third-order valence-electron chi connectivity index (χ3n) is 6.37. The summed E-state index contributed by atoms with van der Waals surface area (Å²) < 4.78 is 1.76. The first-order valence-electron chi connectivity index (χ1n) is 10.2. The maximum atomic E-state index is 13.0. The largest absolute Gasteiger partial charge is 0.508 e. The number of rotatable bonds is 5. The Kier molecular flexibility index (Phi) is 4.95. The Morgan fingerprint density at radius 1 is 1.28 bits per heavy atom. The van der Waals surface area contributed by atoms with E-state index in [1.165, 1.54) is 0 Å². The van der Waals surface area contributed by atoms with Crippen molar-refractivity contribution in [3.63, 3.8) is 0 Å². The van der Waals surface area contributed by atoms with Gasteiger partial charge in [-0.25, -0.2) is 0 Å². The summed E-state index contributed by atoms with van der Waals surface area (Å²) in [5.41, 5.74) is 0.897. The van der Waals surface area contributed by atoms with Gasteiger partial charge >= 0.3 is 0 Å². The number of carbonyl (C=O) groups excluding carboxylic acids is 2. The molecule has 1 aromatic carbocycles. The summed E-state index contributed by atoms with van der Waals surface area (Å²) in [6.45, 7) is 0.395. The quantitative estimate of drug-likeness (QED) is 0.724. The van der Waals surface area contributed by atoms with Gasteiger partial charge in [0.25, 0.3) is 5.91 Å². The van der Waals surface area contributed by atoms with E-state index in [-0.39, 0.29) is 34.9 Å². The van der Waals surface area contributed by atoms with Gasteiger partial charge in [0.1, 0.15) is 11.4 Å². The van der Waals surface area contributed by atoms with Gasteiger partial charge in [0.15, 0.2) is 0 Å². The lowest BCUT2D eigenvalue weighted by Gasteiger charge is -2.31. The molecule has 2 amide bonds. The number of carbonyl (C=O) groups is 2. The van der Waals surface area contributed by atoms with E-state index in [4.69, 9.17) is 0 Å². The summed E-state index contributed by atoms with van der Waals surface area (Å²) in [5.74, 6) is -0.413. The molecule has 0 bridgehead atoms. The molecule has 2 aromatic rings. The lowest BCUT2D eigenvalue weighted by atomic mass is 9.83. The monoisotopic (exact) mass is 394 g/mol. The van der Waals surface area contributed by atoms with E-state index in [2.05, 4.69) is 16.7 Å². The molecule has 1 heterocycles. The standard InChI is InChI=1S/C22H26N4O3/c1-26-18-11-15(27)7-6-14(18)10-19(26)21(29)25-17-5-3-2-4-16(17)20(28)24-13-22(12-23)8-9-22/h6-7,10-11,16-17,27H,2-5,8-9,13H2,1H3,(H,24,28)(H,25,29)/t16-,17+/m1/s1. The van der Waals surface area contributed by atoms with Crippen molar-refractivity contribution in [3.05, 3.63) is 30.0 Å². The zero-order valence-corrected chi connectivity index (χ0v) is 16.6. The van der Waals surface area contributed by atoms with Crippen molar-refractivity contribution in [2.45, 2.75) is 44.6 Å². The molecule has 29 heavy (non-hydrogen) atoms. The first-order chi connectivity index (χ1) is 13.9. The van der Waals surface area contributed by atoms with E-state index in [0.29, 0.717) is 12.2 Å². The number of aromatic nitrogens is 1. The van der Waals surface area contributed by atoms with Crippen LogP contribution in [0.4, 0.5) is 0 Å². The molecule has 152 valence electrons. The van der Waals surface area contributed by atoms with E-state index >= 15 is 0 Å². The highest BCUT2D eigenvalue weighted by atomic mass is 16.3. The fourth-order valence-corrected chi connectivity index (χ4v) is 4.26. The summed E-state index contributed by atoms with van der Waals surface area (Å²) in [5, 5.41) is 25.8. The molecule has 0 spiro atoms. The summed E-state index contributed by atoms with van der Waals surface area (Å²) >= 11 is 0. The predicted octanol–water partition coefficient (Wildman–Crippen LogP) is 2.59. The smallest absolute Gasteiger partial charge is 0.268 e. The van der Waals surface area contributed by atoms with Gasteiger partial charge in [-0.05, 0) is 43.9 Å². The third kappa shape index (κ3) is 3.80. The highest BCUT2D eigenvalue weighted by molar-refractivity contribution is 5.99. The molecular formula is C22H26N4O3. The molecule has 4 rings (SSSR count). The van der Waals surface area contributed by atoms with Gasteiger partial charge in [-0.1, -0.05) is 12.8 Å². The van der Waals surface area contributed by atoms with Crippen LogP contribution < -0.4 is 10.6 Å². The number of phenols is 1. The zero-order valence-electron chi connectivity index (χ0n) is 16.6. The van der Waals surface area contributed by atoms with E-state index < -0.39 is 0 Å². The maximum absolute atomic E-state index is 13.0. The van der Waals surface area contributed by atoms with Crippen molar-refractivity contribution >= 4 is 22.7 Å². The third-order valence-corrected chi connectivity index (χ3v) is 6.37. The molecule has 7 heteroatoms. The number of aryl methyl sites for hydroxylation is 1. The molecule has 3 N–H and O–H groups in total. The number of nitrogens with zero attached hydrogens (tertiary/aromatic N) is 2. The van der Waals surface area contributed by atoms with Crippen LogP contribution in [-0.2, 0) is 11.8 Å². The molecule has 7 nitrogen and oxygen atoms in total. The normalized spacial score (nSPS) is 22.6. The minimum Gasteiger partial charge on any atom is -0.508 e. The van der Waals surface area contributed by atoms with Gasteiger partial charge in [-0.3, -0.25) is 9.59 Å². The number of hydrogen-bond acceptors (Lipinski definition) is 4. The van der Waals surface area contributed by atoms with Crippen LogP contribution in [-0.4, -0.2) is 34.1 Å². The van der Waals surface area contributed by atoms with Gasteiger partial charge in [-0.2, -0.15) is 5.26 Å². The Morgan fingerprint density at radius 3 is 2.76 bits per heavy atom. The van der Waals surface area contributed by atoms with Crippen LogP contribution in [0.15, 0.2) is 24.3 Å². The van der Waals surface area contributed by atoms with Crippen LogP contribution in [0.3, 0.4) is 0 Å². The van der Waals surface area contributed by atoms with E-state index in [1.54, 1.807) is 35.9 Å². The Bertz CT molecular complexity index is 999. The van der Waals surface area contributed by atoms with Crippen molar-refractivity contribution < 1.29 is 14.7 Å². The SMILES string of the molecule is Cn1c(C(=O)N[C@H]2CCCC[C@H]2C(=O)NCC2(C#N)CC2)cc2ccc(O)cc21. The lowest BCUT2D eigenvalue weighted by molar-refractivity contribution is -0.126. The highest BCUT2D eigenvalue weighted by Gasteiger charge is 2.44. The number of nitrogens with one attached hydrogen (secondary N) is 2. The van der Waals surface area contributed by atoms with Gasteiger partial charge in [0.05, 0.1) is 22.9 Å².